The second kappa shape index (κ2) is 10.9. The van der Waals surface area contributed by atoms with E-state index < -0.39 is 0 Å². The van der Waals surface area contributed by atoms with Gasteiger partial charge in [-0.25, -0.2) is 9.97 Å². The third kappa shape index (κ3) is 5.42. The van der Waals surface area contributed by atoms with E-state index >= 15 is 0 Å². The average molecular weight is 620 g/mol. The standard InChI is InChI=1S/C24H17BrCl2N6OS2/c1-2-7-33-19-6-4-14(25)10-16(19)21-22(33)30-24(32-31-21)35-12-20(34)29-23-28-11-15(36-23)8-13-3-5-17(26)18(27)9-13/h2-6,9-11H,1,7-8,12H2,(H,28,29,34). The SMILES string of the molecule is C=CCn1c2ccc(Br)cc2c2nnc(SCC(=O)Nc3ncc(Cc4ccc(Cl)c(Cl)c4)s3)nc21. The van der Waals surface area contributed by atoms with Gasteiger partial charge in [0.25, 0.3) is 0 Å². The minimum absolute atomic E-state index is 0.127. The van der Waals surface area contributed by atoms with E-state index in [1.165, 1.54) is 23.1 Å². The van der Waals surface area contributed by atoms with Crippen molar-refractivity contribution >= 4 is 95.3 Å². The van der Waals surface area contributed by atoms with Crippen molar-refractivity contribution in [1.82, 2.24) is 24.7 Å². The Morgan fingerprint density at radius 3 is 2.86 bits per heavy atom. The number of amides is 1. The molecule has 5 aromatic rings. The van der Waals surface area contributed by atoms with Crippen LogP contribution in [0.25, 0.3) is 22.1 Å². The minimum atomic E-state index is -0.199. The number of hydrogen-bond donors (Lipinski definition) is 1. The molecule has 0 atom stereocenters. The van der Waals surface area contributed by atoms with Gasteiger partial charge in [-0.3, -0.25) is 4.79 Å². The lowest BCUT2D eigenvalue weighted by atomic mass is 10.1. The molecule has 1 N–H and O–H groups in total. The Morgan fingerprint density at radius 2 is 2.06 bits per heavy atom. The molecule has 3 aromatic heterocycles. The molecule has 7 nitrogen and oxygen atoms in total. The summed E-state index contributed by atoms with van der Waals surface area (Å²) in [5, 5.41) is 14.4. The molecular formula is C24H17BrCl2N6OS2. The highest BCUT2D eigenvalue weighted by Gasteiger charge is 2.16. The van der Waals surface area contributed by atoms with Gasteiger partial charge in [-0.1, -0.05) is 63.0 Å². The molecule has 0 bridgehead atoms. The number of nitrogens with zero attached hydrogens (tertiary/aromatic N) is 5. The predicted molar refractivity (Wildman–Crippen MR) is 151 cm³/mol. The fourth-order valence-electron chi connectivity index (χ4n) is 3.67. The summed E-state index contributed by atoms with van der Waals surface area (Å²) < 4.78 is 2.99. The molecule has 0 radical (unpaired) electrons. The number of anilines is 1. The molecule has 0 aliphatic heterocycles. The largest absolute Gasteiger partial charge is 0.320 e. The van der Waals surface area contributed by atoms with Gasteiger partial charge in [-0.2, -0.15) is 0 Å². The van der Waals surface area contributed by atoms with E-state index in [9.17, 15) is 4.79 Å². The van der Waals surface area contributed by atoms with Gasteiger partial charge in [-0.15, -0.1) is 28.1 Å². The Morgan fingerprint density at radius 1 is 1.19 bits per heavy atom. The van der Waals surface area contributed by atoms with Gasteiger partial charge >= 0.3 is 0 Å². The first kappa shape index (κ1) is 25.2. The fraction of sp³-hybridized carbons (Fsp3) is 0.125. The first-order valence-electron chi connectivity index (χ1n) is 10.7. The van der Waals surface area contributed by atoms with E-state index in [4.69, 9.17) is 23.2 Å². The van der Waals surface area contributed by atoms with Crippen LogP contribution < -0.4 is 5.32 Å². The van der Waals surface area contributed by atoms with E-state index in [0.717, 1.165) is 25.8 Å². The molecule has 2 aromatic carbocycles. The van der Waals surface area contributed by atoms with E-state index in [1.807, 2.05) is 41.0 Å². The molecule has 12 heteroatoms. The second-order valence-electron chi connectivity index (χ2n) is 7.72. The van der Waals surface area contributed by atoms with Crippen molar-refractivity contribution in [1.29, 1.82) is 0 Å². The maximum atomic E-state index is 12.5. The monoisotopic (exact) mass is 618 g/mol. The molecule has 36 heavy (non-hydrogen) atoms. The molecule has 3 heterocycles. The van der Waals surface area contributed by atoms with E-state index in [1.54, 1.807) is 12.3 Å². The summed E-state index contributed by atoms with van der Waals surface area (Å²) >= 11 is 18.2. The van der Waals surface area contributed by atoms with Crippen LogP contribution in [0.2, 0.25) is 10.0 Å². The van der Waals surface area contributed by atoms with Crippen molar-refractivity contribution in [2.24, 2.45) is 0 Å². The fourth-order valence-corrected chi connectivity index (χ4v) is 5.80. The lowest BCUT2D eigenvalue weighted by Gasteiger charge is -2.04. The highest BCUT2D eigenvalue weighted by Crippen LogP contribution is 2.30. The zero-order valence-electron chi connectivity index (χ0n) is 18.5. The van der Waals surface area contributed by atoms with Crippen molar-refractivity contribution in [3.05, 3.63) is 80.2 Å². The lowest BCUT2D eigenvalue weighted by Crippen LogP contribution is -2.14. The summed E-state index contributed by atoms with van der Waals surface area (Å²) in [5.41, 5.74) is 3.42. The molecule has 0 aliphatic rings. The number of halogens is 3. The first-order valence-corrected chi connectivity index (χ1v) is 14.0. The third-order valence-electron chi connectivity index (χ3n) is 5.22. The number of carbonyl (C=O) groups excluding carboxylic acids is 1. The Hall–Kier alpha value is -2.50. The van der Waals surface area contributed by atoms with Crippen molar-refractivity contribution in [2.45, 2.75) is 18.1 Å². The van der Waals surface area contributed by atoms with Gasteiger partial charge in [0, 0.05) is 33.9 Å². The summed E-state index contributed by atoms with van der Waals surface area (Å²) in [6.45, 7) is 4.44. The Balaban J connectivity index is 1.26. The third-order valence-corrected chi connectivity index (χ3v) is 8.20. The Labute approximate surface area is 233 Å². The van der Waals surface area contributed by atoms with E-state index in [-0.39, 0.29) is 11.7 Å². The number of nitrogens with one attached hydrogen (secondary N) is 1. The van der Waals surface area contributed by atoms with Crippen LogP contribution in [0.4, 0.5) is 5.13 Å². The van der Waals surface area contributed by atoms with Gasteiger partial charge in [0.2, 0.25) is 11.1 Å². The van der Waals surface area contributed by atoms with Crippen LogP contribution in [0.5, 0.6) is 0 Å². The van der Waals surface area contributed by atoms with Crippen molar-refractivity contribution in [2.75, 3.05) is 11.1 Å². The number of hydrogen-bond acceptors (Lipinski definition) is 7. The van der Waals surface area contributed by atoms with Crippen LogP contribution in [0.15, 0.2) is 64.9 Å². The summed E-state index contributed by atoms with van der Waals surface area (Å²) in [6.07, 6.45) is 4.20. The van der Waals surface area contributed by atoms with Crippen LogP contribution in [-0.4, -0.2) is 36.4 Å². The molecule has 0 spiro atoms. The Kier molecular flexibility index (Phi) is 7.59. The maximum absolute atomic E-state index is 12.5. The van der Waals surface area contributed by atoms with Crippen LogP contribution in [0.1, 0.15) is 10.4 Å². The zero-order valence-corrected chi connectivity index (χ0v) is 23.3. The second-order valence-corrected chi connectivity index (χ2v) is 11.5. The lowest BCUT2D eigenvalue weighted by molar-refractivity contribution is -0.113. The quantitative estimate of drug-likeness (QED) is 0.148. The number of fused-ring (bicyclic) bond motifs is 3. The van der Waals surface area contributed by atoms with Gasteiger partial charge in [0.1, 0.15) is 5.52 Å². The average Bonchev–Trinajstić information content (AvgIpc) is 3.42. The van der Waals surface area contributed by atoms with E-state index in [2.05, 4.69) is 48.0 Å². The number of benzene rings is 2. The summed E-state index contributed by atoms with van der Waals surface area (Å²) in [4.78, 5) is 22.5. The van der Waals surface area contributed by atoms with Crippen LogP contribution in [0.3, 0.4) is 0 Å². The van der Waals surface area contributed by atoms with E-state index in [0.29, 0.717) is 44.5 Å². The first-order chi connectivity index (χ1) is 17.4. The molecule has 0 aliphatic carbocycles. The minimum Gasteiger partial charge on any atom is -0.320 e. The van der Waals surface area contributed by atoms with Crippen LogP contribution in [0, 0.1) is 0 Å². The predicted octanol–water partition coefficient (Wildman–Crippen LogP) is 7.01. The number of allylic oxidation sites excluding steroid dienone is 1. The number of carbonyl (C=O) groups is 1. The summed E-state index contributed by atoms with van der Waals surface area (Å²) in [6, 6.07) is 11.5. The smallest absolute Gasteiger partial charge is 0.236 e. The van der Waals surface area contributed by atoms with Crippen LogP contribution in [-0.2, 0) is 17.8 Å². The zero-order chi connectivity index (χ0) is 25.2. The summed E-state index contributed by atoms with van der Waals surface area (Å²) in [7, 11) is 0. The van der Waals surface area contributed by atoms with Gasteiger partial charge in [-0.05, 0) is 35.9 Å². The molecule has 0 unspecified atom stereocenters. The number of thioether (sulfide) groups is 1. The molecule has 1 amide bonds. The Bertz CT molecular complexity index is 1620. The van der Waals surface area contributed by atoms with Crippen molar-refractivity contribution in [3.63, 3.8) is 0 Å². The van der Waals surface area contributed by atoms with Crippen molar-refractivity contribution in [3.8, 4) is 0 Å². The van der Waals surface area contributed by atoms with Gasteiger partial charge in [0.15, 0.2) is 10.8 Å². The van der Waals surface area contributed by atoms with Crippen molar-refractivity contribution < 1.29 is 4.79 Å². The highest BCUT2D eigenvalue weighted by molar-refractivity contribution is 9.10. The molecule has 0 fully saturated rings. The topological polar surface area (TPSA) is 85.6 Å². The van der Waals surface area contributed by atoms with Gasteiger partial charge < -0.3 is 9.88 Å². The molecule has 5 rings (SSSR count). The number of aromatic nitrogens is 5. The van der Waals surface area contributed by atoms with Crippen LogP contribution >= 0.6 is 62.2 Å². The molecule has 0 saturated carbocycles. The van der Waals surface area contributed by atoms with Gasteiger partial charge in [0.05, 0.1) is 21.3 Å². The normalized spacial score (nSPS) is 11.3. The molecular weight excluding hydrogens is 603 g/mol. The summed E-state index contributed by atoms with van der Waals surface area (Å²) in [5.74, 6) is -0.0722. The highest BCUT2D eigenvalue weighted by atomic mass is 79.9. The number of thiazole rings is 1. The molecule has 0 saturated heterocycles. The molecule has 182 valence electrons. The number of rotatable bonds is 8. The maximum Gasteiger partial charge on any atom is 0.236 e.